The molecule has 104 valence electrons. The van der Waals surface area contributed by atoms with Crippen LogP contribution in [0.25, 0.3) is 6.08 Å². The summed E-state index contributed by atoms with van der Waals surface area (Å²) < 4.78 is 5.13. The Hall–Kier alpha value is -2.86. The number of nitrogens with zero attached hydrogens (tertiary/aromatic N) is 1. The number of benzene rings is 2. The molecule has 2 aromatic carbocycles. The molecule has 3 nitrogen and oxygen atoms in total. The molecule has 0 radical (unpaired) electrons. The van der Waals surface area contributed by atoms with Gasteiger partial charge in [-0.25, -0.2) is 0 Å². The number of ether oxygens (including phenoxy) is 1. The van der Waals surface area contributed by atoms with E-state index < -0.39 is 0 Å². The summed E-state index contributed by atoms with van der Waals surface area (Å²) in [6, 6.07) is 16.4. The van der Waals surface area contributed by atoms with Gasteiger partial charge in [0.2, 0.25) is 5.78 Å². The maximum Gasteiger partial charge on any atom is 0.203 e. The number of aryl methyl sites for hydroxylation is 1. The van der Waals surface area contributed by atoms with Gasteiger partial charge in [-0.2, -0.15) is 5.26 Å². The molecular formula is C18H15NO2. The van der Waals surface area contributed by atoms with Gasteiger partial charge in [0.05, 0.1) is 7.11 Å². The minimum atomic E-state index is -0.274. The minimum Gasteiger partial charge on any atom is -0.497 e. The lowest BCUT2D eigenvalue weighted by Gasteiger charge is -2.03. The Morgan fingerprint density at radius 3 is 2.62 bits per heavy atom. The maximum absolute atomic E-state index is 12.4. The van der Waals surface area contributed by atoms with Gasteiger partial charge in [0.1, 0.15) is 17.4 Å². The molecule has 0 bridgehead atoms. The second-order valence-electron chi connectivity index (χ2n) is 4.65. The van der Waals surface area contributed by atoms with Crippen molar-refractivity contribution in [3.8, 4) is 11.8 Å². The van der Waals surface area contributed by atoms with Crippen LogP contribution in [0.15, 0.2) is 54.1 Å². The molecule has 2 aromatic rings. The van der Waals surface area contributed by atoms with E-state index in [2.05, 4.69) is 0 Å². The highest BCUT2D eigenvalue weighted by molar-refractivity contribution is 6.14. The van der Waals surface area contributed by atoms with Crippen molar-refractivity contribution in [1.82, 2.24) is 0 Å². The van der Waals surface area contributed by atoms with E-state index in [1.807, 2.05) is 43.3 Å². The molecule has 21 heavy (non-hydrogen) atoms. The van der Waals surface area contributed by atoms with Crippen LogP contribution in [0.5, 0.6) is 5.75 Å². The van der Waals surface area contributed by atoms with Gasteiger partial charge >= 0.3 is 0 Å². The molecule has 0 saturated carbocycles. The average molecular weight is 277 g/mol. The monoisotopic (exact) mass is 277 g/mol. The number of carbonyl (C=O) groups excluding carboxylic acids is 1. The number of hydrogen-bond donors (Lipinski definition) is 0. The van der Waals surface area contributed by atoms with E-state index in [1.165, 1.54) is 0 Å². The highest BCUT2D eigenvalue weighted by Crippen LogP contribution is 2.17. The molecule has 0 unspecified atom stereocenters. The van der Waals surface area contributed by atoms with Crippen molar-refractivity contribution in [3.63, 3.8) is 0 Å². The number of Topliss-reactive ketones (excluding diaryl/α,β-unsaturated/α-hetero) is 1. The lowest BCUT2D eigenvalue weighted by molar-refractivity contribution is 0.104. The molecule has 0 saturated heterocycles. The van der Waals surface area contributed by atoms with Gasteiger partial charge in [-0.1, -0.05) is 35.9 Å². The molecule has 0 atom stereocenters. The Morgan fingerprint density at radius 1 is 1.19 bits per heavy atom. The molecule has 0 spiro atoms. The second kappa shape index (κ2) is 6.53. The summed E-state index contributed by atoms with van der Waals surface area (Å²) in [5.41, 5.74) is 2.37. The smallest absolute Gasteiger partial charge is 0.203 e. The van der Waals surface area contributed by atoms with E-state index in [9.17, 15) is 10.1 Å². The number of ketones is 1. The largest absolute Gasteiger partial charge is 0.497 e. The number of rotatable bonds is 4. The minimum absolute atomic E-state index is 0.105. The van der Waals surface area contributed by atoms with E-state index in [-0.39, 0.29) is 11.4 Å². The van der Waals surface area contributed by atoms with Crippen LogP contribution in [-0.2, 0) is 0 Å². The SMILES string of the molecule is COc1cccc(/C=C(\C#N)C(=O)c2cccc(C)c2)c1. The Labute approximate surface area is 124 Å². The number of carbonyl (C=O) groups is 1. The molecule has 0 aliphatic carbocycles. The fourth-order valence-corrected chi connectivity index (χ4v) is 1.99. The zero-order valence-corrected chi connectivity index (χ0v) is 12.0. The van der Waals surface area contributed by atoms with E-state index >= 15 is 0 Å². The topological polar surface area (TPSA) is 50.1 Å². The fourth-order valence-electron chi connectivity index (χ4n) is 1.99. The van der Waals surface area contributed by atoms with Crippen LogP contribution >= 0.6 is 0 Å². The third-order valence-corrected chi connectivity index (χ3v) is 3.05. The zero-order valence-electron chi connectivity index (χ0n) is 12.0. The molecule has 0 amide bonds. The summed E-state index contributed by atoms with van der Waals surface area (Å²) >= 11 is 0. The fraction of sp³-hybridized carbons (Fsp3) is 0.111. The van der Waals surface area contributed by atoms with Crippen LogP contribution < -0.4 is 4.74 Å². The third kappa shape index (κ3) is 3.58. The first-order chi connectivity index (χ1) is 10.1. The van der Waals surface area contributed by atoms with Crippen molar-refractivity contribution in [2.24, 2.45) is 0 Å². The van der Waals surface area contributed by atoms with Crippen LogP contribution in [0, 0.1) is 18.3 Å². The Bertz CT molecular complexity index is 739. The van der Waals surface area contributed by atoms with E-state index in [0.717, 1.165) is 11.1 Å². The molecule has 0 heterocycles. The summed E-state index contributed by atoms with van der Waals surface area (Å²) in [7, 11) is 1.58. The summed E-state index contributed by atoms with van der Waals surface area (Å²) in [5, 5.41) is 9.24. The van der Waals surface area contributed by atoms with Crippen LogP contribution in [0.3, 0.4) is 0 Å². The molecule has 0 N–H and O–H groups in total. The lowest BCUT2D eigenvalue weighted by Crippen LogP contribution is -2.02. The van der Waals surface area contributed by atoms with Crippen LogP contribution in [0.1, 0.15) is 21.5 Å². The van der Waals surface area contributed by atoms with Gasteiger partial charge in [0, 0.05) is 5.56 Å². The first-order valence-electron chi connectivity index (χ1n) is 6.51. The summed E-state index contributed by atoms with van der Waals surface area (Å²) in [6.07, 6.45) is 1.58. The normalized spacial score (nSPS) is 10.8. The van der Waals surface area contributed by atoms with E-state index in [4.69, 9.17) is 4.74 Å². The van der Waals surface area contributed by atoms with E-state index in [0.29, 0.717) is 11.3 Å². The maximum atomic E-state index is 12.4. The van der Waals surface area contributed by atoms with Gasteiger partial charge in [-0.15, -0.1) is 0 Å². The molecule has 0 aliphatic rings. The van der Waals surface area contributed by atoms with Gasteiger partial charge in [-0.05, 0) is 36.8 Å². The van der Waals surface area contributed by atoms with Crippen LogP contribution in [0.4, 0.5) is 0 Å². The van der Waals surface area contributed by atoms with E-state index in [1.54, 1.807) is 31.4 Å². The predicted octanol–water partition coefficient (Wildman–Crippen LogP) is 3.79. The molecule has 0 aromatic heterocycles. The highest BCUT2D eigenvalue weighted by atomic mass is 16.5. The first kappa shape index (κ1) is 14.5. The van der Waals surface area contributed by atoms with Crippen LogP contribution in [0.2, 0.25) is 0 Å². The summed E-state index contributed by atoms with van der Waals surface area (Å²) in [4.78, 5) is 12.4. The van der Waals surface area contributed by atoms with Gasteiger partial charge < -0.3 is 4.74 Å². The summed E-state index contributed by atoms with van der Waals surface area (Å²) in [6.45, 7) is 1.91. The summed E-state index contributed by atoms with van der Waals surface area (Å²) in [5.74, 6) is 0.410. The number of allylic oxidation sites excluding steroid dienone is 1. The van der Waals surface area contributed by atoms with Crippen LogP contribution in [-0.4, -0.2) is 12.9 Å². The highest BCUT2D eigenvalue weighted by Gasteiger charge is 2.12. The van der Waals surface area contributed by atoms with Gasteiger partial charge in [0.15, 0.2) is 0 Å². The first-order valence-corrected chi connectivity index (χ1v) is 6.51. The molecular weight excluding hydrogens is 262 g/mol. The molecule has 2 rings (SSSR count). The Balaban J connectivity index is 2.37. The quantitative estimate of drug-likeness (QED) is 0.485. The standard InChI is InChI=1S/C18H15NO2/c1-13-5-3-7-15(9-13)18(20)16(12-19)10-14-6-4-8-17(11-14)21-2/h3-11H,1-2H3/b16-10+. The van der Waals surface area contributed by atoms with Crippen molar-refractivity contribution in [3.05, 3.63) is 70.8 Å². The molecule has 0 aliphatic heterocycles. The van der Waals surface area contributed by atoms with Crippen molar-refractivity contribution in [1.29, 1.82) is 5.26 Å². The van der Waals surface area contributed by atoms with Crippen molar-refractivity contribution >= 4 is 11.9 Å². The number of methoxy groups -OCH3 is 1. The van der Waals surface area contributed by atoms with Crippen molar-refractivity contribution in [2.45, 2.75) is 6.92 Å². The lowest BCUT2D eigenvalue weighted by atomic mass is 10.0. The second-order valence-corrected chi connectivity index (χ2v) is 4.65. The average Bonchev–Trinajstić information content (AvgIpc) is 2.52. The molecule has 0 fully saturated rings. The van der Waals surface area contributed by atoms with Crippen molar-refractivity contribution < 1.29 is 9.53 Å². The van der Waals surface area contributed by atoms with Crippen molar-refractivity contribution in [2.75, 3.05) is 7.11 Å². The Kier molecular flexibility index (Phi) is 4.53. The van der Waals surface area contributed by atoms with Gasteiger partial charge in [0.25, 0.3) is 0 Å². The van der Waals surface area contributed by atoms with Gasteiger partial charge in [-0.3, -0.25) is 4.79 Å². The third-order valence-electron chi connectivity index (χ3n) is 3.05. The predicted molar refractivity (Wildman–Crippen MR) is 82.1 cm³/mol. The Morgan fingerprint density at radius 2 is 1.95 bits per heavy atom. The number of nitriles is 1. The molecule has 3 heteroatoms. The zero-order chi connectivity index (χ0) is 15.2. The number of hydrogen-bond acceptors (Lipinski definition) is 3.